The molecule has 39 heavy (non-hydrogen) atoms. The highest BCUT2D eigenvalue weighted by molar-refractivity contribution is 7.85. The molecule has 0 radical (unpaired) electrons. The standard InChI is InChI=1S/C36H23O2P/c37-39(24-11-3-1-4-12-24,25-13-5-2-6-14-25)26-19-20-31-34-22-32-29-17-9-7-15-27(29)28-16-8-10-18-30(28)33(32)23-36(34)38-35(31)21-26/h1-23H. The Hall–Kier alpha value is -4.65. The first kappa shape index (κ1) is 22.3. The topological polar surface area (TPSA) is 30.2 Å². The Morgan fingerprint density at radius 3 is 1.38 bits per heavy atom. The minimum absolute atomic E-state index is 0.749. The number of fused-ring (bicyclic) bond motifs is 9. The summed E-state index contributed by atoms with van der Waals surface area (Å²) < 4.78 is 21.4. The second kappa shape index (κ2) is 8.43. The normalized spacial score (nSPS) is 12.2. The molecule has 8 rings (SSSR count). The lowest BCUT2D eigenvalue weighted by Crippen LogP contribution is -2.24. The Morgan fingerprint density at radius 2 is 0.821 bits per heavy atom. The molecule has 0 bridgehead atoms. The fourth-order valence-corrected chi connectivity index (χ4v) is 8.74. The highest BCUT2D eigenvalue weighted by Gasteiger charge is 2.30. The predicted molar refractivity (Wildman–Crippen MR) is 166 cm³/mol. The zero-order chi connectivity index (χ0) is 26.0. The van der Waals surface area contributed by atoms with Crippen LogP contribution in [0, 0.1) is 0 Å². The zero-order valence-electron chi connectivity index (χ0n) is 21.0. The van der Waals surface area contributed by atoms with E-state index in [1.807, 2.05) is 72.8 Å². The van der Waals surface area contributed by atoms with Gasteiger partial charge in [-0.25, -0.2) is 0 Å². The highest BCUT2D eigenvalue weighted by atomic mass is 31.2. The van der Waals surface area contributed by atoms with Crippen molar-refractivity contribution >= 4 is 77.3 Å². The van der Waals surface area contributed by atoms with E-state index in [0.717, 1.165) is 37.9 Å². The average Bonchev–Trinajstić information content (AvgIpc) is 3.37. The number of benzene rings is 7. The molecule has 0 saturated heterocycles. The summed E-state index contributed by atoms with van der Waals surface area (Å²) in [5, 5.41) is 11.8. The van der Waals surface area contributed by atoms with Gasteiger partial charge in [0.2, 0.25) is 0 Å². The summed E-state index contributed by atoms with van der Waals surface area (Å²) in [6.45, 7) is 0. The van der Waals surface area contributed by atoms with Gasteiger partial charge in [0.15, 0.2) is 7.14 Å². The lowest BCUT2D eigenvalue weighted by Gasteiger charge is -2.19. The molecular formula is C36H23O2P. The summed E-state index contributed by atoms with van der Waals surface area (Å²) in [6, 6.07) is 47.2. The van der Waals surface area contributed by atoms with Crippen LogP contribution in [0.25, 0.3) is 54.3 Å². The fraction of sp³-hybridized carbons (Fsp3) is 0. The first-order valence-electron chi connectivity index (χ1n) is 13.1. The Morgan fingerprint density at radius 1 is 0.359 bits per heavy atom. The van der Waals surface area contributed by atoms with E-state index >= 15 is 0 Å². The Labute approximate surface area is 225 Å². The fourth-order valence-electron chi connectivity index (χ4n) is 6.08. The monoisotopic (exact) mass is 518 g/mol. The molecule has 184 valence electrons. The van der Waals surface area contributed by atoms with E-state index in [4.69, 9.17) is 4.42 Å². The van der Waals surface area contributed by atoms with Crippen LogP contribution in [0.5, 0.6) is 0 Å². The van der Waals surface area contributed by atoms with Crippen LogP contribution < -0.4 is 15.9 Å². The molecule has 1 heterocycles. The predicted octanol–water partition coefficient (Wildman–Crippen LogP) is 8.69. The Balaban J connectivity index is 1.43. The van der Waals surface area contributed by atoms with E-state index in [1.165, 1.54) is 32.3 Å². The number of rotatable bonds is 3. The van der Waals surface area contributed by atoms with Crippen molar-refractivity contribution < 1.29 is 8.98 Å². The molecule has 0 saturated carbocycles. The van der Waals surface area contributed by atoms with E-state index in [-0.39, 0.29) is 0 Å². The van der Waals surface area contributed by atoms with E-state index in [1.54, 1.807) is 0 Å². The van der Waals surface area contributed by atoms with Gasteiger partial charge in [-0.2, -0.15) is 0 Å². The molecular weight excluding hydrogens is 495 g/mol. The third kappa shape index (κ3) is 3.25. The van der Waals surface area contributed by atoms with Crippen molar-refractivity contribution in [3.05, 3.63) is 140 Å². The maximum Gasteiger partial charge on any atom is 0.171 e. The van der Waals surface area contributed by atoms with Crippen molar-refractivity contribution in [1.29, 1.82) is 0 Å². The van der Waals surface area contributed by atoms with Crippen LogP contribution in [0.4, 0.5) is 0 Å². The van der Waals surface area contributed by atoms with Gasteiger partial charge in [0.25, 0.3) is 0 Å². The molecule has 0 spiro atoms. The molecule has 0 aliphatic heterocycles. The molecule has 0 unspecified atom stereocenters. The van der Waals surface area contributed by atoms with Gasteiger partial charge in [-0.05, 0) is 62.6 Å². The highest BCUT2D eigenvalue weighted by Crippen LogP contribution is 2.44. The zero-order valence-corrected chi connectivity index (χ0v) is 21.9. The summed E-state index contributed by atoms with van der Waals surface area (Å²) in [5.41, 5.74) is 1.59. The molecule has 0 fully saturated rings. The van der Waals surface area contributed by atoms with E-state index in [0.29, 0.717) is 0 Å². The lowest BCUT2D eigenvalue weighted by molar-refractivity contribution is 0.592. The Kier molecular flexibility index (Phi) is 4.83. The summed E-state index contributed by atoms with van der Waals surface area (Å²) in [4.78, 5) is 0. The number of hydrogen-bond acceptors (Lipinski definition) is 2. The number of furan rings is 1. The minimum Gasteiger partial charge on any atom is -0.456 e. The SMILES string of the molecule is O=P(c1ccccc1)(c1ccccc1)c1ccc2c(c1)oc1cc3c4ccccc4c4ccccc4c3cc12. The minimum atomic E-state index is -3.09. The van der Waals surface area contributed by atoms with Crippen molar-refractivity contribution in [1.82, 2.24) is 0 Å². The van der Waals surface area contributed by atoms with Gasteiger partial charge in [0.05, 0.1) is 0 Å². The van der Waals surface area contributed by atoms with Gasteiger partial charge in [0.1, 0.15) is 11.2 Å². The van der Waals surface area contributed by atoms with Gasteiger partial charge >= 0.3 is 0 Å². The molecule has 0 aliphatic carbocycles. The molecule has 0 N–H and O–H groups in total. The van der Waals surface area contributed by atoms with Crippen molar-refractivity contribution in [2.75, 3.05) is 0 Å². The van der Waals surface area contributed by atoms with Crippen molar-refractivity contribution in [3.8, 4) is 0 Å². The summed E-state index contributed by atoms with van der Waals surface area (Å²) in [5.74, 6) is 0. The van der Waals surface area contributed by atoms with Crippen molar-refractivity contribution in [3.63, 3.8) is 0 Å². The van der Waals surface area contributed by atoms with Crippen LogP contribution in [0.1, 0.15) is 0 Å². The van der Waals surface area contributed by atoms with E-state index < -0.39 is 7.14 Å². The van der Waals surface area contributed by atoms with Crippen LogP contribution in [0.15, 0.2) is 144 Å². The third-order valence-corrected chi connectivity index (χ3v) is 11.0. The smallest absolute Gasteiger partial charge is 0.171 e. The quantitative estimate of drug-likeness (QED) is 0.173. The van der Waals surface area contributed by atoms with Gasteiger partial charge in [-0.3, -0.25) is 0 Å². The van der Waals surface area contributed by atoms with E-state index in [2.05, 4.69) is 66.7 Å². The molecule has 1 aromatic heterocycles. The second-order valence-corrected chi connectivity index (χ2v) is 12.8. The van der Waals surface area contributed by atoms with Crippen LogP contribution in [-0.2, 0) is 4.57 Å². The van der Waals surface area contributed by atoms with Gasteiger partial charge < -0.3 is 8.98 Å². The molecule has 8 aromatic rings. The van der Waals surface area contributed by atoms with Crippen LogP contribution in [0.2, 0.25) is 0 Å². The molecule has 3 heteroatoms. The molecule has 2 nitrogen and oxygen atoms in total. The van der Waals surface area contributed by atoms with Gasteiger partial charge in [0, 0.05) is 26.7 Å². The van der Waals surface area contributed by atoms with Crippen molar-refractivity contribution in [2.45, 2.75) is 0 Å². The molecule has 7 aromatic carbocycles. The Bertz CT molecular complexity index is 2200. The molecule has 0 atom stereocenters. The second-order valence-electron chi connectivity index (χ2n) is 10.0. The largest absolute Gasteiger partial charge is 0.456 e. The van der Waals surface area contributed by atoms with E-state index in [9.17, 15) is 4.57 Å². The van der Waals surface area contributed by atoms with Crippen LogP contribution in [0.3, 0.4) is 0 Å². The van der Waals surface area contributed by atoms with Crippen LogP contribution in [-0.4, -0.2) is 0 Å². The third-order valence-electron chi connectivity index (χ3n) is 7.92. The molecule has 0 amide bonds. The summed E-state index contributed by atoms with van der Waals surface area (Å²) >= 11 is 0. The summed E-state index contributed by atoms with van der Waals surface area (Å²) in [7, 11) is -3.09. The first-order valence-corrected chi connectivity index (χ1v) is 14.8. The van der Waals surface area contributed by atoms with Crippen LogP contribution >= 0.6 is 7.14 Å². The maximum atomic E-state index is 14.9. The van der Waals surface area contributed by atoms with Crippen molar-refractivity contribution in [2.24, 2.45) is 0 Å². The average molecular weight is 519 g/mol. The number of hydrogen-bond donors (Lipinski definition) is 0. The van der Waals surface area contributed by atoms with Gasteiger partial charge in [-0.1, -0.05) is 109 Å². The molecule has 0 aliphatic rings. The summed E-state index contributed by atoms with van der Waals surface area (Å²) in [6.07, 6.45) is 0. The van der Waals surface area contributed by atoms with Gasteiger partial charge in [-0.15, -0.1) is 0 Å². The first-order chi connectivity index (χ1) is 19.2. The maximum absolute atomic E-state index is 14.9. The lowest BCUT2D eigenvalue weighted by atomic mass is 9.93.